The van der Waals surface area contributed by atoms with Crippen LogP contribution in [0.2, 0.25) is 0 Å². The lowest BCUT2D eigenvalue weighted by molar-refractivity contribution is -0.136. The summed E-state index contributed by atoms with van der Waals surface area (Å²) in [5.74, 6) is -0.0523. The quantitative estimate of drug-likeness (QED) is 0.843. The van der Waals surface area contributed by atoms with Gasteiger partial charge in [-0.15, -0.1) is 0 Å². The second-order valence-electron chi connectivity index (χ2n) is 4.02. The summed E-state index contributed by atoms with van der Waals surface area (Å²) in [6.07, 6.45) is -4.96. The van der Waals surface area contributed by atoms with E-state index in [1.54, 1.807) is 0 Å². The third-order valence-electron chi connectivity index (χ3n) is 2.73. The van der Waals surface area contributed by atoms with E-state index >= 15 is 0 Å². The molecule has 0 aromatic heterocycles. The van der Waals surface area contributed by atoms with Crippen LogP contribution in [0.1, 0.15) is 31.2 Å². The van der Waals surface area contributed by atoms with Crippen LogP contribution in [0.25, 0.3) is 0 Å². The van der Waals surface area contributed by atoms with Crippen molar-refractivity contribution in [1.82, 2.24) is 0 Å². The predicted molar refractivity (Wildman–Crippen MR) is 58.1 cm³/mol. The molecule has 0 aliphatic carbocycles. The van der Waals surface area contributed by atoms with Crippen LogP contribution in [0.15, 0.2) is 30.3 Å². The van der Waals surface area contributed by atoms with Crippen molar-refractivity contribution in [2.45, 2.75) is 37.9 Å². The summed E-state index contributed by atoms with van der Waals surface area (Å²) in [5, 5.41) is 0. The van der Waals surface area contributed by atoms with Gasteiger partial charge in [0.1, 0.15) is 0 Å². The standard InChI is InChI=1S/C12H16F3N/c1-9(10-5-3-2-4-6-10)11(16)7-8-12(13,14)15/h2-6,9,11H,7-8,16H2,1H3. The van der Waals surface area contributed by atoms with Gasteiger partial charge in [0.05, 0.1) is 0 Å². The maximum atomic E-state index is 12.0. The van der Waals surface area contributed by atoms with Crippen LogP contribution in [-0.4, -0.2) is 12.2 Å². The number of rotatable bonds is 4. The van der Waals surface area contributed by atoms with Crippen molar-refractivity contribution in [1.29, 1.82) is 0 Å². The van der Waals surface area contributed by atoms with Gasteiger partial charge in [0.25, 0.3) is 0 Å². The lowest BCUT2D eigenvalue weighted by atomic mass is 9.91. The molecule has 0 bridgehead atoms. The van der Waals surface area contributed by atoms with Crippen LogP contribution in [0.5, 0.6) is 0 Å². The minimum Gasteiger partial charge on any atom is -0.327 e. The van der Waals surface area contributed by atoms with Gasteiger partial charge in [-0.05, 0) is 17.9 Å². The van der Waals surface area contributed by atoms with Gasteiger partial charge < -0.3 is 5.73 Å². The van der Waals surface area contributed by atoms with E-state index in [1.807, 2.05) is 37.3 Å². The van der Waals surface area contributed by atoms with Crippen molar-refractivity contribution < 1.29 is 13.2 Å². The molecule has 4 heteroatoms. The second-order valence-corrected chi connectivity index (χ2v) is 4.02. The highest BCUT2D eigenvalue weighted by Crippen LogP contribution is 2.26. The third-order valence-corrected chi connectivity index (χ3v) is 2.73. The molecular formula is C12H16F3N. The fourth-order valence-electron chi connectivity index (χ4n) is 1.58. The van der Waals surface area contributed by atoms with Crippen molar-refractivity contribution in [2.24, 2.45) is 5.73 Å². The molecule has 0 heterocycles. The van der Waals surface area contributed by atoms with Crippen LogP contribution in [0, 0.1) is 0 Å². The number of alkyl halides is 3. The average molecular weight is 231 g/mol. The van der Waals surface area contributed by atoms with Crippen LogP contribution in [0.4, 0.5) is 13.2 Å². The molecule has 0 amide bonds. The molecular weight excluding hydrogens is 215 g/mol. The van der Waals surface area contributed by atoms with Crippen LogP contribution < -0.4 is 5.73 Å². The van der Waals surface area contributed by atoms with Gasteiger partial charge in [-0.3, -0.25) is 0 Å². The van der Waals surface area contributed by atoms with Crippen molar-refractivity contribution in [3.8, 4) is 0 Å². The van der Waals surface area contributed by atoms with Crippen LogP contribution >= 0.6 is 0 Å². The van der Waals surface area contributed by atoms with Gasteiger partial charge in [0, 0.05) is 12.5 Å². The zero-order chi connectivity index (χ0) is 12.2. The first-order valence-electron chi connectivity index (χ1n) is 5.27. The first-order chi connectivity index (χ1) is 7.40. The van der Waals surface area contributed by atoms with Gasteiger partial charge >= 0.3 is 6.18 Å². The van der Waals surface area contributed by atoms with E-state index in [2.05, 4.69) is 0 Å². The van der Waals surface area contributed by atoms with Crippen molar-refractivity contribution in [2.75, 3.05) is 0 Å². The van der Waals surface area contributed by atoms with E-state index in [0.717, 1.165) is 5.56 Å². The van der Waals surface area contributed by atoms with Gasteiger partial charge in [-0.25, -0.2) is 0 Å². The smallest absolute Gasteiger partial charge is 0.327 e. The predicted octanol–water partition coefficient (Wildman–Crippen LogP) is 3.46. The zero-order valence-corrected chi connectivity index (χ0v) is 9.17. The maximum absolute atomic E-state index is 12.0. The Kier molecular flexibility index (Phi) is 4.35. The van der Waals surface area contributed by atoms with Gasteiger partial charge in [0.15, 0.2) is 0 Å². The molecule has 16 heavy (non-hydrogen) atoms. The van der Waals surface area contributed by atoms with E-state index in [0.29, 0.717) is 0 Å². The molecule has 0 saturated heterocycles. The molecule has 2 atom stereocenters. The Bertz CT molecular complexity index is 308. The normalized spacial score (nSPS) is 15.8. The number of nitrogens with two attached hydrogens (primary N) is 1. The minimum atomic E-state index is -4.12. The fourth-order valence-corrected chi connectivity index (χ4v) is 1.58. The monoisotopic (exact) mass is 231 g/mol. The highest BCUT2D eigenvalue weighted by atomic mass is 19.4. The zero-order valence-electron chi connectivity index (χ0n) is 9.17. The number of hydrogen-bond acceptors (Lipinski definition) is 1. The van der Waals surface area contributed by atoms with Crippen molar-refractivity contribution >= 4 is 0 Å². The highest BCUT2D eigenvalue weighted by Gasteiger charge is 2.28. The summed E-state index contributed by atoms with van der Waals surface area (Å²) in [5.41, 5.74) is 6.74. The van der Waals surface area contributed by atoms with E-state index in [9.17, 15) is 13.2 Å². The Balaban J connectivity index is 2.52. The summed E-state index contributed by atoms with van der Waals surface area (Å²) < 4.78 is 36.1. The van der Waals surface area contributed by atoms with E-state index in [4.69, 9.17) is 5.73 Å². The molecule has 1 rings (SSSR count). The summed E-state index contributed by atoms with van der Waals surface area (Å²) in [6.45, 7) is 1.86. The van der Waals surface area contributed by atoms with Gasteiger partial charge in [-0.1, -0.05) is 37.3 Å². The molecule has 90 valence electrons. The first kappa shape index (κ1) is 13.0. The largest absolute Gasteiger partial charge is 0.389 e. The molecule has 0 fully saturated rings. The molecule has 0 radical (unpaired) electrons. The maximum Gasteiger partial charge on any atom is 0.389 e. The summed E-state index contributed by atoms with van der Waals surface area (Å²) in [4.78, 5) is 0. The molecule has 2 N–H and O–H groups in total. The number of halogens is 3. The van der Waals surface area contributed by atoms with E-state index in [1.165, 1.54) is 0 Å². The molecule has 0 saturated carbocycles. The third kappa shape index (κ3) is 4.23. The molecule has 0 aliphatic heterocycles. The Morgan fingerprint density at radius 2 is 1.75 bits per heavy atom. The SMILES string of the molecule is CC(c1ccccc1)C(N)CCC(F)(F)F. The topological polar surface area (TPSA) is 26.0 Å². The van der Waals surface area contributed by atoms with Crippen LogP contribution in [-0.2, 0) is 0 Å². The van der Waals surface area contributed by atoms with Gasteiger partial charge in [-0.2, -0.15) is 13.2 Å². The molecule has 1 aromatic carbocycles. The highest BCUT2D eigenvalue weighted by molar-refractivity contribution is 5.20. The van der Waals surface area contributed by atoms with Crippen molar-refractivity contribution in [3.05, 3.63) is 35.9 Å². The van der Waals surface area contributed by atoms with Crippen molar-refractivity contribution in [3.63, 3.8) is 0 Å². The summed E-state index contributed by atoms with van der Waals surface area (Å²) in [7, 11) is 0. The number of hydrogen-bond donors (Lipinski definition) is 1. The Hall–Kier alpha value is -1.03. The average Bonchev–Trinajstić information content (AvgIpc) is 2.25. The molecule has 0 aliphatic rings. The molecule has 1 aromatic rings. The lowest BCUT2D eigenvalue weighted by Crippen LogP contribution is -2.28. The Morgan fingerprint density at radius 3 is 2.25 bits per heavy atom. The first-order valence-corrected chi connectivity index (χ1v) is 5.27. The van der Waals surface area contributed by atoms with E-state index in [-0.39, 0.29) is 12.3 Å². The second kappa shape index (κ2) is 5.34. The van der Waals surface area contributed by atoms with Crippen LogP contribution in [0.3, 0.4) is 0 Å². The Morgan fingerprint density at radius 1 is 1.19 bits per heavy atom. The molecule has 1 nitrogen and oxygen atoms in total. The Labute approximate surface area is 93.5 Å². The van der Waals surface area contributed by atoms with Gasteiger partial charge in [0.2, 0.25) is 0 Å². The number of benzene rings is 1. The molecule has 0 spiro atoms. The molecule has 2 unspecified atom stereocenters. The lowest BCUT2D eigenvalue weighted by Gasteiger charge is -2.20. The summed E-state index contributed by atoms with van der Waals surface area (Å²) in [6, 6.07) is 8.92. The van der Waals surface area contributed by atoms with E-state index < -0.39 is 18.6 Å². The summed E-state index contributed by atoms with van der Waals surface area (Å²) >= 11 is 0. The minimum absolute atomic E-state index is 0.0282. The fraction of sp³-hybridized carbons (Fsp3) is 0.500.